The summed E-state index contributed by atoms with van der Waals surface area (Å²) >= 11 is 5.96. The Morgan fingerprint density at radius 1 is 1.09 bits per heavy atom. The summed E-state index contributed by atoms with van der Waals surface area (Å²) in [5.74, 6) is 0.650. The van der Waals surface area contributed by atoms with E-state index >= 15 is 0 Å². The van der Waals surface area contributed by atoms with E-state index in [9.17, 15) is 8.42 Å². The van der Waals surface area contributed by atoms with E-state index < -0.39 is 10.0 Å². The first-order valence-electron chi connectivity index (χ1n) is 7.42. The van der Waals surface area contributed by atoms with Crippen molar-refractivity contribution in [3.05, 3.63) is 53.1 Å². The second-order valence-electron chi connectivity index (χ2n) is 5.01. The third kappa shape index (κ3) is 3.79. The van der Waals surface area contributed by atoms with Gasteiger partial charge in [-0.1, -0.05) is 11.6 Å². The maximum atomic E-state index is 12.9. The first-order chi connectivity index (χ1) is 10.9. The zero-order chi connectivity index (χ0) is 17.0. The largest absolute Gasteiger partial charge is 0.494 e. The van der Waals surface area contributed by atoms with Gasteiger partial charge in [-0.3, -0.25) is 4.31 Å². The number of halogens is 1. The van der Waals surface area contributed by atoms with Crippen LogP contribution in [0.25, 0.3) is 0 Å². The fourth-order valence-electron chi connectivity index (χ4n) is 2.37. The molecule has 0 radical (unpaired) electrons. The minimum atomic E-state index is -3.64. The van der Waals surface area contributed by atoms with E-state index in [1.165, 1.54) is 4.31 Å². The van der Waals surface area contributed by atoms with Crippen LogP contribution in [-0.4, -0.2) is 21.6 Å². The van der Waals surface area contributed by atoms with Crippen LogP contribution in [0.5, 0.6) is 5.75 Å². The predicted octanol–water partition coefficient (Wildman–Crippen LogP) is 4.26. The lowest BCUT2D eigenvalue weighted by atomic mass is 10.2. The molecule has 0 spiro atoms. The lowest BCUT2D eigenvalue weighted by Gasteiger charge is -2.24. The second-order valence-corrected chi connectivity index (χ2v) is 7.30. The second kappa shape index (κ2) is 7.23. The topological polar surface area (TPSA) is 46.6 Å². The number of ether oxygens (including phenoxy) is 1. The summed E-state index contributed by atoms with van der Waals surface area (Å²) in [6.45, 7) is 6.40. The average molecular weight is 354 g/mol. The van der Waals surface area contributed by atoms with Gasteiger partial charge in [-0.2, -0.15) is 0 Å². The van der Waals surface area contributed by atoms with Crippen molar-refractivity contribution in [3.63, 3.8) is 0 Å². The van der Waals surface area contributed by atoms with Crippen molar-refractivity contribution in [1.82, 2.24) is 0 Å². The molecule has 0 atom stereocenters. The third-order valence-electron chi connectivity index (χ3n) is 3.44. The van der Waals surface area contributed by atoms with Gasteiger partial charge in [-0.25, -0.2) is 8.42 Å². The highest BCUT2D eigenvalue weighted by molar-refractivity contribution is 7.92. The first-order valence-corrected chi connectivity index (χ1v) is 9.23. The quantitative estimate of drug-likeness (QED) is 0.779. The Morgan fingerprint density at radius 2 is 1.74 bits per heavy atom. The van der Waals surface area contributed by atoms with E-state index in [1.54, 1.807) is 49.4 Å². The molecule has 0 amide bonds. The molecule has 0 aliphatic rings. The van der Waals surface area contributed by atoms with Gasteiger partial charge >= 0.3 is 0 Å². The van der Waals surface area contributed by atoms with E-state index in [-0.39, 0.29) is 4.90 Å². The predicted molar refractivity (Wildman–Crippen MR) is 94.0 cm³/mol. The van der Waals surface area contributed by atoms with Gasteiger partial charge in [0.2, 0.25) is 0 Å². The molecule has 6 heteroatoms. The molecule has 4 nitrogen and oxygen atoms in total. The molecular weight excluding hydrogens is 334 g/mol. The molecule has 2 rings (SSSR count). The summed E-state index contributed by atoms with van der Waals surface area (Å²) in [4.78, 5) is 0.233. The van der Waals surface area contributed by atoms with Gasteiger partial charge in [-0.05, 0) is 68.8 Å². The van der Waals surface area contributed by atoms with Crippen molar-refractivity contribution < 1.29 is 13.2 Å². The number of nitrogens with zero attached hydrogens (tertiary/aromatic N) is 1. The summed E-state index contributed by atoms with van der Waals surface area (Å²) in [6.07, 6.45) is 0. The Kier molecular flexibility index (Phi) is 5.55. The maximum Gasteiger partial charge on any atom is 0.264 e. The van der Waals surface area contributed by atoms with Crippen LogP contribution in [0.15, 0.2) is 47.4 Å². The molecule has 124 valence electrons. The van der Waals surface area contributed by atoms with Crippen LogP contribution >= 0.6 is 11.6 Å². The molecule has 0 saturated heterocycles. The molecule has 0 heterocycles. The Hall–Kier alpha value is -1.72. The Labute approximate surface area is 142 Å². The van der Waals surface area contributed by atoms with Gasteiger partial charge < -0.3 is 4.74 Å². The molecule has 23 heavy (non-hydrogen) atoms. The molecule has 0 bridgehead atoms. The van der Waals surface area contributed by atoms with E-state index in [0.29, 0.717) is 29.6 Å². The van der Waals surface area contributed by atoms with Crippen molar-refractivity contribution in [1.29, 1.82) is 0 Å². The number of hydrogen-bond acceptors (Lipinski definition) is 3. The van der Waals surface area contributed by atoms with Gasteiger partial charge in [0.05, 0.1) is 17.2 Å². The molecule has 2 aromatic rings. The maximum absolute atomic E-state index is 12.9. The van der Waals surface area contributed by atoms with E-state index in [2.05, 4.69) is 0 Å². The average Bonchev–Trinajstić information content (AvgIpc) is 2.51. The first kappa shape index (κ1) is 17.6. The smallest absolute Gasteiger partial charge is 0.264 e. The standard InChI is InChI=1S/C17H20ClNO3S/c1-4-19(17-11-6-14(18)12-13(17)3)23(20,21)16-9-7-15(8-10-16)22-5-2/h6-12H,4-5H2,1-3H3. The number of aryl methyl sites for hydroxylation is 1. The van der Waals surface area contributed by atoms with Crippen LogP contribution in [0.4, 0.5) is 5.69 Å². The van der Waals surface area contributed by atoms with Crippen LogP contribution in [-0.2, 0) is 10.0 Å². The van der Waals surface area contributed by atoms with Crippen molar-refractivity contribution in [2.75, 3.05) is 17.5 Å². The van der Waals surface area contributed by atoms with E-state index in [4.69, 9.17) is 16.3 Å². The van der Waals surface area contributed by atoms with Crippen LogP contribution in [0.2, 0.25) is 5.02 Å². The van der Waals surface area contributed by atoms with E-state index in [1.807, 2.05) is 13.8 Å². The van der Waals surface area contributed by atoms with Gasteiger partial charge in [0.1, 0.15) is 5.75 Å². The minimum absolute atomic E-state index is 0.233. The fourth-order valence-corrected chi connectivity index (χ4v) is 4.14. The third-order valence-corrected chi connectivity index (χ3v) is 5.58. The van der Waals surface area contributed by atoms with Crippen LogP contribution in [0.1, 0.15) is 19.4 Å². The highest BCUT2D eigenvalue weighted by Gasteiger charge is 2.24. The Morgan fingerprint density at radius 3 is 2.26 bits per heavy atom. The summed E-state index contributed by atoms with van der Waals surface area (Å²) in [5, 5.41) is 0.584. The molecule has 0 aromatic heterocycles. The SMILES string of the molecule is CCOc1ccc(S(=O)(=O)N(CC)c2ccc(Cl)cc2C)cc1. The van der Waals surface area contributed by atoms with Gasteiger partial charge in [-0.15, -0.1) is 0 Å². The lowest BCUT2D eigenvalue weighted by molar-refractivity contribution is 0.340. The highest BCUT2D eigenvalue weighted by atomic mass is 35.5. The molecule has 0 aliphatic carbocycles. The van der Waals surface area contributed by atoms with Crippen LogP contribution in [0, 0.1) is 6.92 Å². The van der Waals surface area contributed by atoms with Crippen LogP contribution in [0.3, 0.4) is 0 Å². The van der Waals surface area contributed by atoms with Crippen molar-refractivity contribution in [2.24, 2.45) is 0 Å². The number of anilines is 1. The van der Waals surface area contributed by atoms with Crippen molar-refractivity contribution in [2.45, 2.75) is 25.7 Å². The van der Waals surface area contributed by atoms with Gasteiger partial charge in [0.25, 0.3) is 10.0 Å². The summed E-state index contributed by atoms with van der Waals surface area (Å²) in [7, 11) is -3.64. The fraction of sp³-hybridized carbons (Fsp3) is 0.294. The molecular formula is C17H20ClNO3S. The minimum Gasteiger partial charge on any atom is -0.494 e. The number of hydrogen-bond donors (Lipinski definition) is 0. The molecule has 0 unspecified atom stereocenters. The van der Waals surface area contributed by atoms with Gasteiger partial charge in [0.15, 0.2) is 0 Å². The molecule has 0 aliphatic heterocycles. The van der Waals surface area contributed by atoms with Crippen molar-refractivity contribution in [3.8, 4) is 5.75 Å². The molecule has 0 fully saturated rings. The normalized spacial score (nSPS) is 11.3. The molecule has 0 N–H and O–H groups in total. The summed E-state index contributed by atoms with van der Waals surface area (Å²) in [6, 6.07) is 11.6. The Bertz CT molecular complexity index is 773. The zero-order valence-corrected chi connectivity index (χ0v) is 15.0. The number of sulfonamides is 1. The lowest BCUT2D eigenvalue weighted by Crippen LogP contribution is -2.31. The van der Waals surface area contributed by atoms with Crippen LogP contribution < -0.4 is 9.04 Å². The zero-order valence-electron chi connectivity index (χ0n) is 13.4. The number of rotatable bonds is 6. The van der Waals surface area contributed by atoms with E-state index in [0.717, 1.165) is 5.56 Å². The highest BCUT2D eigenvalue weighted by Crippen LogP contribution is 2.29. The monoisotopic (exact) mass is 353 g/mol. The van der Waals surface area contributed by atoms with Gasteiger partial charge in [0, 0.05) is 11.6 Å². The van der Waals surface area contributed by atoms with Crippen molar-refractivity contribution >= 4 is 27.3 Å². The summed E-state index contributed by atoms with van der Waals surface area (Å²) in [5.41, 5.74) is 1.44. The Balaban J connectivity index is 2.42. The number of benzene rings is 2. The molecule has 0 saturated carbocycles. The summed E-state index contributed by atoms with van der Waals surface area (Å²) < 4.78 is 32.6. The molecule has 2 aromatic carbocycles.